The second-order valence-electron chi connectivity index (χ2n) is 8.27. The molecule has 5 nitrogen and oxygen atoms in total. The van der Waals surface area contributed by atoms with Crippen LogP contribution in [0.4, 0.5) is 5.82 Å². The summed E-state index contributed by atoms with van der Waals surface area (Å²) in [5, 5.41) is 1.21. The Balaban J connectivity index is 1.61. The average molecular weight is 395 g/mol. The third-order valence-corrected chi connectivity index (χ3v) is 7.74. The Bertz CT molecular complexity index is 1100. The van der Waals surface area contributed by atoms with Crippen LogP contribution < -0.4 is 10.5 Å². The van der Waals surface area contributed by atoms with Crippen LogP contribution in [-0.4, -0.2) is 27.6 Å². The summed E-state index contributed by atoms with van der Waals surface area (Å²) in [5.41, 5.74) is 2.66. The molecule has 2 aliphatic rings. The highest BCUT2D eigenvalue weighted by Crippen LogP contribution is 2.45. The summed E-state index contributed by atoms with van der Waals surface area (Å²) in [5.74, 6) is 1.94. The van der Waals surface area contributed by atoms with E-state index in [0.29, 0.717) is 11.8 Å². The quantitative estimate of drug-likeness (QED) is 0.659. The second-order valence-corrected chi connectivity index (χ2v) is 9.48. The Morgan fingerprint density at radius 1 is 1.21 bits per heavy atom. The first kappa shape index (κ1) is 17.9. The van der Waals surface area contributed by atoms with E-state index in [1.807, 2.05) is 6.07 Å². The van der Waals surface area contributed by atoms with E-state index in [1.54, 1.807) is 23.7 Å². The maximum absolute atomic E-state index is 12.7. The van der Waals surface area contributed by atoms with Gasteiger partial charge in [0.05, 0.1) is 5.39 Å². The molecule has 0 spiro atoms. The van der Waals surface area contributed by atoms with Crippen LogP contribution in [0.15, 0.2) is 29.3 Å². The van der Waals surface area contributed by atoms with E-state index in [-0.39, 0.29) is 11.6 Å². The van der Waals surface area contributed by atoms with E-state index in [0.717, 1.165) is 36.6 Å². The van der Waals surface area contributed by atoms with Crippen molar-refractivity contribution in [1.82, 2.24) is 14.5 Å². The maximum Gasteiger partial charge on any atom is 0.250 e. The van der Waals surface area contributed by atoms with Crippen LogP contribution in [0.5, 0.6) is 0 Å². The molecule has 0 aromatic carbocycles. The molecular weight excluding hydrogens is 368 g/mol. The lowest BCUT2D eigenvalue weighted by Crippen LogP contribution is -2.49. The van der Waals surface area contributed by atoms with Gasteiger partial charge in [0.2, 0.25) is 0 Å². The highest BCUT2D eigenvalue weighted by molar-refractivity contribution is 7.18. The van der Waals surface area contributed by atoms with Gasteiger partial charge in [0.15, 0.2) is 0 Å². The maximum atomic E-state index is 12.7. The van der Waals surface area contributed by atoms with Crippen molar-refractivity contribution >= 4 is 27.4 Å². The van der Waals surface area contributed by atoms with Gasteiger partial charge < -0.3 is 9.47 Å². The van der Waals surface area contributed by atoms with Gasteiger partial charge in [0, 0.05) is 41.7 Å². The zero-order chi connectivity index (χ0) is 19.4. The number of aromatic nitrogens is 3. The monoisotopic (exact) mass is 394 g/mol. The summed E-state index contributed by atoms with van der Waals surface area (Å²) >= 11 is 1.75. The van der Waals surface area contributed by atoms with Crippen LogP contribution in [0.1, 0.15) is 54.3 Å². The van der Waals surface area contributed by atoms with Crippen molar-refractivity contribution < 1.29 is 0 Å². The molecule has 3 aromatic heterocycles. The topological polar surface area (TPSA) is 51.0 Å². The third kappa shape index (κ3) is 2.61. The Morgan fingerprint density at radius 2 is 2.07 bits per heavy atom. The normalized spacial score (nSPS) is 23.8. The zero-order valence-electron chi connectivity index (χ0n) is 16.7. The minimum Gasteiger partial charge on any atom is -0.355 e. The van der Waals surface area contributed by atoms with E-state index < -0.39 is 0 Å². The van der Waals surface area contributed by atoms with E-state index in [1.165, 1.54) is 27.9 Å². The van der Waals surface area contributed by atoms with Gasteiger partial charge in [-0.25, -0.2) is 9.97 Å². The lowest BCUT2D eigenvalue weighted by Gasteiger charge is -2.47. The molecule has 2 aliphatic heterocycles. The SMILES string of the molecule is CCC[C@H]1[C@H]2C[C@H](CN(c3ncnc4sc(C)c(C)c34)C2)c2cccc(=O)n21. The Labute approximate surface area is 169 Å². The first-order valence-electron chi connectivity index (χ1n) is 10.3. The van der Waals surface area contributed by atoms with Crippen molar-refractivity contribution in [2.45, 2.75) is 52.0 Å². The van der Waals surface area contributed by atoms with E-state index >= 15 is 0 Å². The molecule has 28 heavy (non-hydrogen) atoms. The summed E-state index contributed by atoms with van der Waals surface area (Å²) in [6.07, 6.45) is 5.02. The van der Waals surface area contributed by atoms with Gasteiger partial charge in [-0.3, -0.25) is 4.79 Å². The molecule has 5 rings (SSSR count). The van der Waals surface area contributed by atoms with E-state index in [2.05, 4.69) is 41.3 Å². The highest BCUT2D eigenvalue weighted by atomic mass is 32.1. The van der Waals surface area contributed by atoms with Crippen LogP contribution in [0.2, 0.25) is 0 Å². The van der Waals surface area contributed by atoms with Crippen LogP contribution in [0.25, 0.3) is 10.2 Å². The number of piperidine rings is 1. The molecule has 0 radical (unpaired) electrons. The minimum absolute atomic E-state index is 0.160. The predicted molar refractivity (Wildman–Crippen MR) is 115 cm³/mol. The van der Waals surface area contributed by atoms with Crippen molar-refractivity contribution in [3.05, 3.63) is 51.0 Å². The van der Waals surface area contributed by atoms with Crippen LogP contribution in [0, 0.1) is 19.8 Å². The molecule has 0 amide bonds. The number of nitrogens with zero attached hydrogens (tertiary/aromatic N) is 4. The van der Waals surface area contributed by atoms with Crippen LogP contribution in [-0.2, 0) is 0 Å². The number of hydrogen-bond donors (Lipinski definition) is 0. The Hall–Kier alpha value is -2.21. The highest BCUT2D eigenvalue weighted by Gasteiger charge is 2.40. The van der Waals surface area contributed by atoms with Gasteiger partial charge in [0.1, 0.15) is 17.0 Å². The lowest BCUT2D eigenvalue weighted by molar-refractivity contribution is 0.201. The summed E-state index contributed by atoms with van der Waals surface area (Å²) in [7, 11) is 0. The fraction of sp³-hybridized carbons (Fsp3) is 0.500. The summed E-state index contributed by atoms with van der Waals surface area (Å²) in [6.45, 7) is 8.43. The number of aryl methyl sites for hydroxylation is 2. The number of fused-ring (bicyclic) bond motifs is 5. The standard InChI is InChI=1S/C22H26N4OS/c1-4-6-17-15-9-16(18-7-5-8-19(27)26(17)18)11-25(10-15)21-20-13(2)14(3)28-22(20)24-12-23-21/h5,7-8,12,15-17H,4,6,9-11H2,1-3H3/t15-,16+,17-/m0/s1. The first-order chi connectivity index (χ1) is 13.6. The van der Waals surface area contributed by atoms with Gasteiger partial charge in [-0.15, -0.1) is 11.3 Å². The summed E-state index contributed by atoms with van der Waals surface area (Å²) in [4.78, 5) is 26.8. The largest absolute Gasteiger partial charge is 0.355 e. The molecule has 5 heterocycles. The molecule has 0 saturated carbocycles. The van der Waals surface area contributed by atoms with Gasteiger partial charge in [-0.1, -0.05) is 19.4 Å². The molecule has 2 bridgehead atoms. The molecule has 0 N–H and O–H groups in total. The van der Waals surface area contributed by atoms with Crippen LogP contribution in [0.3, 0.4) is 0 Å². The predicted octanol–water partition coefficient (Wildman–Crippen LogP) is 4.43. The van der Waals surface area contributed by atoms with Crippen LogP contribution >= 0.6 is 11.3 Å². The number of hydrogen-bond acceptors (Lipinski definition) is 5. The number of pyridine rings is 1. The smallest absolute Gasteiger partial charge is 0.250 e. The molecular formula is C22H26N4OS. The van der Waals surface area contributed by atoms with Gasteiger partial charge in [0.25, 0.3) is 5.56 Å². The molecule has 146 valence electrons. The summed E-state index contributed by atoms with van der Waals surface area (Å²) < 4.78 is 2.11. The average Bonchev–Trinajstić information content (AvgIpc) is 2.99. The third-order valence-electron chi connectivity index (χ3n) is 6.63. The van der Waals surface area contributed by atoms with Gasteiger partial charge >= 0.3 is 0 Å². The first-order valence-corrected chi connectivity index (χ1v) is 11.1. The van der Waals surface area contributed by atoms with Crippen molar-refractivity contribution in [2.75, 3.05) is 18.0 Å². The number of anilines is 1. The fourth-order valence-electron chi connectivity index (χ4n) is 5.28. The Kier molecular flexibility index (Phi) is 4.27. The molecule has 0 unspecified atom stereocenters. The lowest BCUT2D eigenvalue weighted by atomic mass is 9.77. The number of rotatable bonds is 3. The van der Waals surface area contributed by atoms with Crippen molar-refractivity contribution in [2.24, 2.45) is 5.92 Å². The fourth-order valence-corrected chi connectivity index (χ4v) is 6.28. The Morgan fingerprint density at radius 3 is 2.89 bits per heavy atom. The number of thiophene rings is 1. The van der Waals surface area contributed by atoms with Crippen molar-refractivity contribution in [1.29, 1.82) is 0 Å². The summed E-state index contributed by atoms with van der Waals surface area (Å²) in [6, 6.07) is 6.09. The molecule has 3 aromatic rings. The van der Waals surface area contributed by atoms with Gasteiger partial charge in [-0.05, 0) is 44.2 Å². The van der Waals surface area contributed by atoms with Gasteiger partial charge in [-0.2, -0.15) is 0 Å². The minimum atomic E-state index is 0.160. The second kappa shape index (κ2) is 6.69. The van der Waals surface area contributed by atoms with E-state index in [9.17, 15) is 4.79 Å². The van der Waals surface area contributed by atoms with Crippen molar-refractivity contribution in [3.63, 3.8) is 0 Å². The molecule has 1 fully saturated rings. The molecule has 6 heteroatoms. The molecule has 1 saturated heterocycles. The van der Waals surface area contributed by atoms with E-state index in [4.69, 9.17) is 4.98 Å². The molecule has 3 atom stereocenters. The van der Waals surface area contributed by atoms with Crippen molar-refractivity contribution in [3.8, 4) is 0 Å². The molecule has 0 aliphatic carbocycles. The zero-order valence-corrected chi connectivity index (χ0v) is 17.5.